The molecule has 2 aromatic heterocycles. The number of hydrogen-bond donors (Lipinski definition) is 1. The van der Waals surface area contributed by atoms with E-state index >= 15 is 0 Å². The minimum Gasteiger partial charge on any atom is -0.383 e. The van der Waals surface area contributed by atoms with Crippen molar-refractivity contribution in [3.63, 3.8) is 0 Å². The van der Waals surface area contributed by atoms with Crippen molar-refractivity contribution in [2.24, 2.45) is 5.92 Å². The van der Waals surface area contributed by atoms with Crippen LogP contribution < -0.4 is 0 Å². The monoisotopic (exact) mass is 493 g/mol. The van der Waals surface area contributed by atoms with E-state index in [1.165, 1.54) is 12.1 Å². The largest absolute Gasteiger partial charge is 0.383 e. The number of piperazine rings is 1. The van der Waals surface area contributed by atoms with Crippen molar-refractivity contribution in [2.75, 3.05) is 19.6 Å². The van der Waals surface area contributed by atoms with E-state index in [1.807, 2.05) is 13.0 Å². The molecule has 190 valence electrons. The Labute approximate surface area is 209 Å². The molecule has 0 spiro atoms. The molecule has 2 atom stereocenters. The van der Waals surface area contributed by atoms with Crippen LogP contribution in [0.2, 0.25) is 0 Å². The summed E-state index contributed by atoms with van der Waals surface area (Å²) in [5.74, 6) is -0.168. The Bertz CT molecular complexity index is 1280. The second-order valence-corrected chi connectivity index (χ2v) is 10.4. The van der Waals surface area contributed by atoms with Gasteiger partial charge < -0.3 is 14.9 Å². The van der Waals surface area contributed by atoms with E-state index < -0.39 is 6.10 Å². The fourth-order valence-corrected chi connectivity index (χ4v) is 4.88. The lowest BCUT2D eigenvalue weighted by atomic mass is 10.0. The van der Waals surface area contributed by atoms with Crippen LogP contribution in [0.5, 0.6) is 0 Å². The van der Waals surface area contributed by atoms with Gasteiger partial charge in [-0.25, -0.2) is 13.9 Å². The molecule has 1 saturated heterocycles. The molecule has 1 aromatic carbocycles. The van der Waals surface area contributed by atoms with Gasteiger partial charge in [-0.2, -0.15) is 5.10 Å². The standard InChI is InChI=1S/C27H32FN5O3/c1-16(2)21-13-22(19-6-8-20(28)9-7-19)30-33-15-23(29-25(21)33)26(35)31-10-11-32(17(3)14-31)27(36)24(34)12-18-4-5-18/h6-9,13,15-18,24,34H,4-5,10-12,14H2,1-3H3/t17-,24+/m0/s1. The Kier molecular flexibility index (Phi) is 6.51. The highest BCUT2D eigenvalue weighted by Gasteiger charge is 2.36. The Balaban J connectivity index is 1.35. The minimum absolute atomic E-state index is 0.136. The van der Waals surface area contributed by atoms with Gasteiger partial charge in [0.05, 0.1) is 11.9 Å². The third-order valence-corrected chi connectivity index (χ3v) is 7.17. The van der Waals surface area contributed by atoms with Crippen LogP contribution in [-0.4, -0.2) is 73.1 Å². The maximum Gasteiger partial charge on any atom is 0.274 e. The number of fused-ring (bicyclic) bond motifs is 1. The van der Waals surface area contributed by atoms with Crippen molar-refractivity contribution in [2.45, 2.75) is 58.1 Å². The molecule has 1 N–H and O–H groups in total. The summed E-state index contributed by atoms with van der Waals surface area (Å²) in [5.41, 5.74) is 3.30. The quantitative estimate of drug-likeness (QED) is 0.568. The van der Waals surface area contributed by atoms with Crippen LogP contribution in [0.1, 0.15) is 62.0 Å². The van der Waals surface area contributed by atoms with Crippen molar-refractivity contribution in [1.82, 2.24) is 24.4 Å². The zero-order valence-corrected chi connectivity index (χ0v) is 20.9. The topological polar surface area (TPSA) is 91.0 Å². The molecule has 2 fully saturated rings. The summed E-state index contributed by atoms with van der Waals surface area (Å²) in [6.07, 6.45) is 3.37. The lowest BCUT2D eigenvalue weighted by Gasteiger charge is -2.40. The SMILES string of the molecule is CC(C)c1cc(-c2ccc(F)cc2)nn2cc(C(=O)N3CCN(C(=O)[C@H](O)CC4CC4)[C@@H](C)C3)nc12. The first-order valence-corrected chi connectivity index (χ1v) is 12.7. The maximum atomic E-state index is 13.4. The third kappa shape index (κ3) is 4.84. The first kappa shape index (κ1) is 24.4. The summed E-state index contributed by atoms with van der Waals surface area (Å²) in [6.45, 7) is 7.14. The van der Waals surface area contributed by atoms with E-state index in [2.05, 4.69) is 23.9 Å². The average molecular weight is 494 g/mol. The summed E-state index contributed by atoms with van der Waals surface area (Å²) in [7, 11) is 0. The first-order valence-electron chi connectivity index (χ1n) is 12.7. The van der Waals surface area contributed by atoms with Gasteiger partial charge >= 0.3 is 0 Å². The fraction of sp³-hybridized carbons (Fsp3) is 0.481. The molecule has 2 amide bonds. The first-order chi connectivity index (χ1) is 17.2. The Morgan fingerprint density at radius 1 is 1.17 bits per heavy atom. The highest BCUT2D eigenvalue weighted by atomic mass is 19.1. The predicted molar refractivity (Wildman–Crippen MR) is 133 cm³/mol. The zero-order valence-electron chi connectivity index (χ0n) is 20.9. The molecule has 3 heterocycles. The number of aliphatic hydroxyl groups excluding tert-OH is 1. The number of aromatic nitrogens is 3. The molecule has 0 bridgehead atoms. The predicted octanol–water partition coefficient (Wildman–Crippen LogP) is 3.49. The fourth-order valence-electron chi connectivity index (χ4n) is 4.88. The normalized spacial score (nSPS) is 19.2. The van der Waals surface area contributed by atoms with Gasteiger partial charge in [-0.15, -0.1) is 0 Å². The van der Waals surface area contributed by atoms with Crippen molar-refractivity contribution in [1.29, 1.82) is 0 Å². The Hall–Kier alpha value is -3.33. The van der Waals surface area contributed by atoms with Crippen LogP contribution in [0, 0.1) is 11.7 Å². The summed E-state index contributed by atoms with van der Waals surface area (Å²) in [6, 6.07) is 7.90. The number of nitrogens with zero attached hydrogens (tertiary/aromatic N) is 5. The summed E-state index contributed by atoms with van der Waals surface area (Å²) < 4.78 is 15.0. The highest BCUT2D eigenvalue weighted by Crippen LogP contribution is 2.34. The van der Waals surface area contributed by atoms with Gasteiger partial charge in [0.1, 0.15) is 17.6 Å². The summed E-state index contributed by atoms with van der Waals surface area (Å²) in [4.78, 5) is 34.1. The molecule has 8 nitrogen and oxygen atoms in total. The number of carbonyl (C=O) groups excluding carboxylic acids is 2. The van der Waals surface area contributed by atoms with E-state index in [4.69, 9.17) is 0 Å². The maximum absolute atomic E-state index is 13.4. The number of aliphatic hydroxyl groups is 1. The van der Waals surface area contributed by atoms with Crippen molar-refractivity contribution >= 4 is 17.5 Å². The molecule has 36 heavy (non-hydrogen) atoms. The lowest BCUT2D eigenvalue weighted by Crippen LogP contribution is -2.57. The zero-order chi connectivity index (χ0) is 25.6. The minimum atomic E-state index is -0.962. The smallest absolute Gasteiger partial charge is 0.274 e. The molecule has 2 aliphatic rings. The van der Waals surface area contributed by atoms with Crippen LogP contribution in [0.3, 0.4) is 0 Å². The number of rotatable bonds is 6. The van der Waals surface area contributed by atoms with Gasteiger partial charge in [0.15, 0.2) is 5.65 Å². The van der Waals surface area contributed by atoms with Crippen LogP contribution >= 0.6 is 0 Å². The molecule has 1 aliphatic carbocycles. The molecule has 0 unspecified atom stereocenters. The second-order valence-electron chi connectivity index (χ2n) is 10.4. The Morgan fingerprint density at radius 3 is 2.53 bits per heavy atom. The van der Waals surface area contributed by atoms with Crippen molar-refractivity contribution < 1.29 is 19.1 Å². The number of carbonyl (C=O) groups is 2. The molecule has 3 aromatic rings. The van der Waals surface area contributed by atoms with Gasteiger partial charge in [0.2, 0.25) is 0 Å². The molecular formula is C27H32FN5O3. The van der Waals surface area contributed by atoms with Gasteiger partial charge in [0.25, 0.3) is 11.8 Å². The molecule has 0 radical (unpaired) electrons. The van der Waals surface area contributed by atoms with E-state index in [0.717, 1.165) is 24.0 Å². The highest BCUT2D eigenvalue weighted by molar-refractivity contribution is 5.93. The van der Waals surface area contributed by atoms with Crippen LogP contribution in [-0.2, 0) is 4.79 Å². The molecule has 1 aliphatic heterocycles. The molecule has 5 rings (SSSR count). The van der Waals surface area contributed by atoms with Crippen LogP contribution in [0.15, 0.2) is 36.5 Å². The van der Waals surface area contributed by atoms with Gasteiger partial charge in [-0.1, -0.05) is 26.7 Å². The molecular weight excluding hydrogens is 461 g/mol. The van der Waals surface area contributed by atoms with Crippen LogP contribution in [0.25, 0.3) is 16.9 Å². The van der Waals surface area contributed by atoms with Gasteiger partial charge in [-0.05, 0) is 55.5 Å². The van der Waals surface area contributed by atoms with E-state index in [0.29, 0.717) is 49.0 Å². The molecule has 1 saturated carbocycles. The Morgan fingerprint density at radius 2 is 1.89 bits per heavy atom. The summed E-state index contributed by atoms with van der Waals surface area (Å²) >= 11 is 0. The van der Waals surface area contributed by atoms with E-state index in [9.17, 15) is 19.1 Å². The number of benzene rings is 1. The van der Waals surface area contributed by atoms with Crippen molar-refractivity contribution in [3.8, 4) is 11.3 Å². The number of imidazole rings is 1. The van der Waals surface area contributed by atoms with Crippen molar-refractivity contribution in [3.05, 3.63) is 53.6 Å². The van der Waals surface area contributed by atoms with Gasteiger partial charge in [-0.3, -0.25) is 9.59 Å². The van der Waals surface area contributed by atoms with E-state index in [-0.39, 0.29) is 29.6 Å². The number of hydrogen-bond acceptors (Lipinski definition) is 5. The van der Waals surface area contributed by atoms with E-state index in [1.54, 1.807) is 32.6 Å². The number of amides is 2. The van der Waals surface area contributed by atoms with Gasteiger partial charge in [0, 0.05) is 36.8 Å². The van der Waals surface area contributed by atoms with Crippen LogP contribution in [0.4, 0.5) is 4.39 Å². The second kappa shape index (κ2) is 9.61. The lowest BCUT2D eigenvalue weighted by molar-refractivity contribution is -0.144. The summed E-state index contributed by atoms with van der Waals surface area (Å²) in [5, 5.41) is 15.0. The average Bonchev–Trinajstić information content (AvgIpc) is 3.57. The third-order valence-electron chi connectivity index (χ3n) is 7.17. The molecule has 9 heteroatoms. The number of halogens is 1.